The van der Waals surface area contributed by atoms with Crippen molar-refractivity contribution in [3.05, 3.63) is 35.4 Å². The van der Waals surface area contributed by atoms with Crippen LogP contribution in [-0.2, 0) is 11.3 Å². The molecular weight excluding hydrogens is 248 g/mol. The quantitative estimate of drug-likeness (QED) is 0.728. The van der Waals surface area contributed by atoms with Crippen LogP contribution in [0.2, 0.25) is 0 Å². The summed E-state index contributed by atoms with van der Waals surface area (Å²) >= 11 is 0. The molecule has 0 radical (unpaired) electrons. The van der Waals surface area contributed by atoms with E-state index in [0.717, 1.165) is 31.4 Å². The Morgan fingerprint density at radius 1 is 1.30 bits per heavy atom. The van der Waals surface area contributed by atoms with Gasteiger partial charge in [0, 0.05) is 13.0 Å². The summed E-state index contributed by atoms with van der Waals surface area (Å²) in [6, 6.07) is 8.24. The number of aryl methyl sites for hydroxylation is 1. The van der Waals surface area contributed by atoms with E-state index in [1.807, 2.05) is 12.1 Å². The van der Waals surface area contributed by atoms with Crippen molar-refractivity contribution < 1.29 is 4.79 Å². The summed E-state index contributed by atoms with van der Waals surface area (Å²) in [7, 11) is 0. The predicted octanol–water partition coefficient (Wildman–Crippen LogP) is 3.16. The molecule has 0 saturated heterocycles. The molecule has 1 aromatic rings. The third-order valence-electron chi connectivity index (χ3n) is 3.62. The molecule has 1 unspecified atom stereocenters. The second-order valence-corrected chi connectivity index (χ2v) is 5.54. The van der Waals surface area contributed by atoms with E-state index in [2.05, 4.69) is 31.3 Å². The Morgan fingerprint density at radius 2 is 2.10 bits per heavy atom. The van der Waals surface area contributed by atoms with Crippen molar-refractivity contribution in [1.82, 2.24) is 5.32 Å². The predicted molar refractivity (Wildman–Crippen MR) is 84.3 cm³/mol. The maximum absolute atomic E-state index is 11.9. The van der Waals surface area contributed by atoms with Crippen LogP contribution in [0.25, 0.3) is 0 Å². The molecule has 1 amide bonds. The van der Waals surface area contributed by atoms with E-state index in [1.54, 1.807) is 0 Å². The molecule has 0 aliphatic heterocycles. The van der Waals surface area contributed by atoms with Crippen LogP contribution in [0.1, 0.15) is 50.2 Å². The minimum Gasteiger partial charge on any atom is -0.352 e. The molecule has 0 spiro atoms. The molecular formula is C17H28N2O. The Kier molecular flexibility index (Phi) is 7.97. The Balaban J connectivity index is 2.29. The molecule has 20 heavy (non-hydrogen) atoms. The molecule has 1 rings (SSSR count). The Hall–Kier alpha value is -1.35. The van der Waals surface area contributed by atoms with Crippen molar-refractivity contribution in [2.45, 2.75) is 52.5 Å². The van der Waals surface area contributed by atoms with Crippen LogP contribution in [0.4, 0.5) is 0 Å². The van der Waals surface area contributed by atoms with Gasteiger partial charge in [0.1, 0.15) is 0 Å². The van der Waals surface area contributed by atoms with Crippen molar-refractivity contribution in [2.75, 3.05) is 6.54 Å². The third-order valence-corrected chi connectivity index (χ3v) is 3.62. The van der Waals surface area contributed by atoms with Crippen LogP contribution in [0.5, 0.6) is 0 Å². The number of carbonyl (C=O) groups is 1. The van der Waals surface area contributed by atoms with E-state index >= 15 is 0 Å². The number of amides is 1. The van der Waals surface area contributed by atoms with Gasteiger partial charge in [-0.15, -0.1) is 0 Å². The molecule has 1 atom stereocenters. The molecule has 0 bridgehead atoms. The lowest BCUT2D eigenvalue weighted by Crippen LogP contribution is -2.23. The average Bonchev–Trinajstić information content (AvgIpc) is 2.43. The number of rotatable bonds is 9. The van der Waals surface area contributed by atoms with Crippen LogP contribution in [0, 0.1) is 12.8 Å². The lowest BCUT2D eigenvalue weighted by atomic mass is 9.94. The Labute approximate surface area is 122 Å². The smallest absolute Gasteiger partial charge is 0.220 e. The number of hydrogen-bond acceptors (Lipinski definition) is 2. The van der Waals surface area contributed by atoms with Gasteiger partial charge in [0.2, 0.25) is 5.91 Å². The number of hydrogen-bond donors (Lipinski definition) is 2. The zero-order valence-corrected chi connectivity index (χ0v) is 12.8. The standard InChI is InChI=1S/C17H28N2O/c1-3-5-15(10-11-18)8-9-17(20)19-13-16-7-4-6-14(2)12-16/h4,6-7,12,15H,3,5,8-11,13,18H2,1-2H3,(H,19,20). The summed E-state index contributed by atoms with van der Waals surface area (Å²) in [6.07, 6.45) is 4.91. The largest absolute Gasteiger partial charge is 0.352 e. The minimum absolute atomic E-state index is 0.143. The summed E-state index contributed by atoms with van der Waals surface area (Å²) in [5, 5.41) is 3.00. The van der Waals surface area contributed by atoms with E-state index in [9.17, 15) is 4.79 Å². The highest BCUT2D eigenvalue weighted by molar-refractivity contribution is 5.75. The molecule has 112 valence electrons. The Bertz CT molecular complexity index is 398. The average molecular weight is 276 g/mol. The molecule has 0 fully saturated rings. The molecule has 0 aromatic heterocycles. The van der Waals surface area contributed by atoms with Crippen LogP contribution in [-0.4, -0.2) is 12.5 Å². The first-order chi connectivity index (χ1) is 9.65. The van der Waals surface area contributed by atoms with E-state index < -0.39 is 0 Å². The minimum atomic E-state index is 0.143. The van der Waals surface area contributed by atoms with Gasteiger partial charge in [0.15, 0.2) is 0 Å². The summed E-state index contributed by atoms with van der Waals surface area (Å²) < 4.78 is 0. The summed E-state index contributed by atoms with van der Waals surface area (Å²) in [6.45, 7) is 5.58. The van der Waals surface area contributed by atoms with Gasteiger partial charge in [-0.2, -0.15) is 0 Å². The van der Waals surface area contributed by atoms with Gasteiger partial charge in [0.05, 0.1) is 0 Å². The van der Waals surface area contributed by atoms with Gasteiger partial charge in [-0.05, 0) is 37.8 Å². The summed E-state index contributed by atoms with van der Waals surface area (Å²) in [5.41, 5.74) is 8.00. The molecule has 0 heterocycles. The number of nitrogens with two attached hydrogens (primary N) is 1. The molecule has 3 N–H and O–H groups in total. The lowest BCUT2D eigenvalue weighted by molar-refractivity contribution is -0.121. The zero-order valence-electron chi connectivity index (χ0n) is 12.8. The van der Waals surface area contributed by atoms with Gasteiger partial charge in [-0.25, -0.2) is 0 Å². The fourth-order valence-electron chi connectivity index (χ4n) is 2.52. The maximum Gasteiger partial charge on any atom is 0.220 e. The maximum atomic E-state index is 11.9. The van der Waals surface area contributed by atoms with E-state index in [1.165, 1.54) is 12.0 Å². The van der Waals surface area contributed by atoms with Gasteiger partial charge >= 0.3 is 0 Å². The van der Waals surface area contributed by atoms with Crippen molar-refractivity contribution in [3.8, 4) is 0 Å². The van der Waals surface area contributed by atoms with Crippen LogP contribution in [0.3, 0.4) is 0 Å². The topological polar surface area (TPSA) is 55.1 Å². The van der Waals surface area contributed by atoms with Crippen molar-refractivity contribution in [3.63, 3.8) is 0 Å². The molecule has 0 saturated carbocycles. The van der Waals surface area contributed by atoms with E-state index in [-0.39, 0.29) is 5.91 Å². The van der Waals surface area contributed by atoms with Crippen LogP contribution in [0.15, 0.2) is 24.3 Å². The highest BCUT2D eigenvalue weighted by atomic mass is 16.1. The van der Waals surface area contributed by atoms with Gasteiger partial charge in [-0.3, -0.25) is 4.79 Å². The van der Waals surface area contributed by atoms with Crippen LogP contribution >= 0.6 is 0 Å². The van der Waals surface area contributed by atoms with Crippen molar-refractivity contribution >= 4 is 5.91 Å². The molecule has 0 aliphatic carbocycles. The monoisotopic (exact) mass is 276 g/mol. The van der Waals surface area contributed by atoms with Crippen molar-refractivity contribution in [1.29, 1.82) is 0 Å². The first-order valence-corrected chi connectivity index (χ1v) is 7.68. The van der Waals surface area contributed by atoms with Gasteiger partial charge in [0.25, 0.3) is 0 Å². The first kappa shape index (κ1) is 16.7. The van der Waals surface area contributed by atoms with Crippen LogP contribution < -0.4 is 11.1 Å². The summed E-state index contributed by atoms with van der Waals surface area (Å²) in [5.74, 6) is 0.736. The number of benzene rings is 1. The number of nitrogens with one attached hydrogen (secondary N) is 1. The lowest BCUT2D eigenvalue weighted by Gasteiger charge is -2.14. The fourth-order valence-corrected chi connectivity index (χ4v) is 2.52. The second kappa shape index (κ2) is 9.54. The first-order valence-electron chi connectivity index (χ1n) is 7.68. The normalized spacial score (nSPS) is 12.2. The highest BCUT2D eigenvalue weighted by Gasteiger charge is 2.09. The second-order valence-electron chi connectivity index (χ2n) is 5.54. The fraction of sp³-hybridized carbons (Fsp3) is 0.588. The summed E-state index contributed by atoms with van der Waals surface area (Å²) in [4.78, 5) is 11.9. The van der Waals surface area contributed by atoms with E-state index in [4.69, 9.17) is 5.73 Å². The van der Waals surface area contributed by atoms with Gasteiger partial charge < -0.3 is 11.1 Å². The molecule has 3 heteroatoms. The highest BCUT2D eigenvalue weighted by Crippen LogP contribution is 2.16. The molecule has 0 aliphatic rings. The Morgan fingerprint density at radius 3 is 2.75 bits per heavy atom. The SMILES string of the molecule is CCCC(CCN)CCC(=O)NCc1cccc(C)c1. The molecule has 3 nitrogen and oxygen atoms in total. The van der Waals surface area contributed by atoms with E-state index in [0.29, 0.717) is 18.9 Å². The van der Waals surface area contributed by atoms with Crippen molar-refractivity contribution in [2.24, 2.45) is 11.7 Å². The van der Waals surface area contributed by atoms with Gasteiger partial charge in [-0.1, -0.05) is 49.6 Å². The zero-order chi connectivity index (χ0) is 14.8. The third kappa shape index (κ3) is 6.71. The molecule has 1 aromatic carbocycles. The number of carbonyl (C=O) groups excluding carboxylic acids is 1.